The molecular formula is C15H24N2O3S. The van der Waals surface area contributed by atoms with Gasteiger partial charge in [0.15, 0.2) is 0 Å². The van der Waals surface area contributed by atoms with Crippen LogP contribution in [0.5, 0.6) is 0 Å². The van der Waals surface area contributed by atoms with Crippen molar-refractivity contribution in [1.82, 2.24) is 5.32 Å². The zero-order valence-corrected chi connectivity index (χ0v) is 13.9. The summed E-state index contributed by atoms with van der Waals surface area (Å²) in [5.74, 6) is 0.332. The number of nitrogens with one attached hydrogen (secondary N) is 1. The summed E-state index contributed by atoms with van der Waals surface area (Å²) in [5, 5.41) is 7.99. The predicted octanol–water partition coefficient (Wildman–Crippen LogP) is 2.12. The van der Waals surface area contributed by atoms with Crippen molar-refractivity contribution in [1.29, 1.82) is 0 Å². The summed E-state index contributed by atoms with van der Waals surface area (Å²) in [4.78, 5) is 12.2. The molecule has 0 saturated heterocycles. The maximum absolute atomic E-state index is 12.2. The van der Waals surface area contributed by atoms with Crippen molar-refractivity contribution in [2.75, 3.05) is 6.54 Å². The van der Waals surface area contributed by atoms with Gasteiger partial charge in [0.2, 0.25) is 10.0 Å². The standard InChI is InChI=1S/C15H24N2O3S/c1-10(2)6-5-7-17-15(18)13-9-14(21(16,19)20)12(4)8-11(13)3/h8-10H,5-7H2,1-4H3,(H,17,18)(H2,16,19,20). The summed E-state index contributed by atoms with van der Waals surface area (Å²) in [6.07, 6.45) is 1.94. The van der Waals surface area contributed by atoms with Crippen molar-refractivity contribution in [2.45, 2.75) is 45.4 Å². The van der Waals surface area contributed by atoms with E-state index in [1.165, 1.54) is 6.07 Å². The molecule has 0 atom stereocenters. The van der Waals surface area contributed by atoms with Gasteiger partial charge in [-0.25, -0.2) is 13.6 Å². The monoisotopic (exact) mass is 312 g/mol. The van der Waals surface area contributed by atoms with Crippen LogP contribution in [0.2, 0.25) is 0 Å². The number of hydrogen-bond donors (Lipinski definition) is 2. The summed E-state index contributed by atoms with van der Waals surface area (Å²) < 4.78 is 23.0. The van der Waals surface area contributed by atoms with Gasteiger partial charge in [-0.15, -0.1) is 0 Å². The Morgan fingerprint density at radius 3 is 2.38 bits per heavy atom. The highest BCUT2D eigenvalue weighted by Gasteiger charge is 2.17. The van der Waals surface area contributed by atoms with Crippen molar-refractivity contribution in [3.63, 3.8) is 0 Å². The molecule has 0 aliphatic heterocycles. The average Bonchev–Trinajstić information content (AvgIpc) is 2.32. The number of amides is 1. The van der Waals surface area contributed by atoms with Crippen LogP contribution in [-0.4, -0.2) is 20.9 Å². The highest BCUT2D eigenvalue weighted by atomic mass is 32.2. The Hall–Kier alpha value is -1.40. The number of carbonyl (C=O) groups is 1. The Bertz CT molecular complexity index is 622. The molecule has 0 bridgehead atoms. The van der Waals surface area contributed by atoms with Crippen LogP contribution in [0, 0.1) is 19.8 Å². The second-order valence-electron chi connectivity index (χ2n) is 5.77. The van der Waals surface area contributed by atoms with Crippen molar-refractivity contribution in [3.8, 4) is 0 Å². The molecule has 0 spiro atoms. The minimum absolute atomic E-state index is 0.000399. The smallest absolute Gasteiger partial charge is 0.251 e. The maximum atomic E-state index is 12.2. The first kappa shape index (κ1) is 17.7. The van der Waals surface area contributed by atoms with Gasteiger partial charge in [0.05, 0.1) is 4.90 Å². The van der Waals surface area contributed by atoms with Gasteiger partial charge >= 0.3 is 0 Å². The zero-order valence-electron chi connectivity index (χ0n) is 13.1. The van der Waals surface area contributed by atoms with Crippen molar-refractivity contribution < 1.29 is 13.2 Å². The summed E-state index contributed by atoms with van der Waals surface area (Å²) in [5.41, 5.74) is 1.64. The van der Waals surface area contributed by atoms with Crippen LogP contribution >= 0.6 is 0 Å². The van der Waals surface area contributed by atoms with Crippen molar-refractivity contribution >= 4 is 15.9 Å². The number of nitrogens with two attached hydrogens (primary N) is 1. The molecule has 118 valence electrons. The van der Waals surface area contributed by atoms with E-state index in [9.17, 15) is 13.2 Å². The van der Waals surface area contributed by atoms with Gasteiger partial charge < -0.3 is 5.32 Å². The van der Waals surface area contributed by atoms with E-state index >= 15 is 0 Å². The van der Waals surface area contributed by atoms with Crippen LogP contribution < -0.4 is 10.5 Å². The van der Waals surface area contributed by atoms with Gasteiger partial charge in [-0.3, -0.25) is 4.79 Å². The molecule has 1 aromatic rings. The molecule has 0 fully saturated rings. The van der Waals surface area contributed by atoms with Gasteiger partial charge in [0.1, 0.15) is 0 Å². The fourth-order valence-corrected chi connectivity index (χ4v) is 2.98. The molecule has 5 nitrogen and oxygen atoms in total. The Labute approximate surface area is 127 Å². The molecule has 1 rings (SSSR count). The van der Waals surface area contributed by atoms with E-state index < -0.39 is 10.0 Å². The lowest BCUT2D eigenvalue weighted by molar-refractivity contribution is 0.0951. The fraction of sp³-hybridized carbons (Fsp3) is 0.533. The maximum Gasteiger partial charge on any atom is 0.251 e. The number of hydrogen-bond acceptors (Lipinski definition) is 3. The number of sulfonamides is 1. The quantitative estimate of drug-likeness (QED) is 0.788. The summed E-state index contributed by atoms with van der Waals surface area (Å²) in [6, 6.07) is 3.03. The summed E-state index contributed by atoms with van der Waals surface area (Å²) >= 11 is 0. The minimum atomic E-state index is -3.82. The highest BCUT2D eigenvalue weighted by molar-refractivity contribution is 7.89. The van der Waals surface area contributed by atoms with Crippen LogP contribution in [-0.2, 0) is 10.0 Å². The molecule has 0 unspecified atom stereocenters. The molecule has 0 saturated carbocycles. The van der Waals surface area contributed by atoms with E-state index in [1.807, 2.05) is 0 Å². The summed E-state index contributed by atoms with van der Waals surface area (Å²) in [7, 11) is -3.82. The van der Waals surface area contributed by atoms with Crippen molar-refractivity contribution in [3.05, 3.63) is 28.8 Å². The Balaban J connectivity index is 2.90. The molecule has 3 N–H and O–H groups in total. The van der Waals surface area contributed by atoms with E-state index in [4.69, 9.17) is 5.14 Å². The van der Waals surface area contributed by atoms with Crippen LogP contribution in [0.25, 0.3) is 0 Å². The van der Waals surface area contributed by atoms with Crippen LogP contribution in [0.1, 0.15) is 48.2 Å². The van der Waals surface area contributed by atoms with E-state index in [0.717, 1.165) is 18.4 Å². The van der Waals surface area contributed by atoms with E-state index in [0.29, 0.717) is 23.6 Å². The molecular weight excluding hydrogens is 288 g/mol. The Morgan fingerprint density at radius 1 is 1.24 bits per heavy atom. The summed E-state index contributed by atoms with van der Waals surface area (Å²) in [6.45, 7) is 8.28. The van der Waals surface area contributed by atoms with Gasteiger partial charge in [-0.1, -0.05) is 19.9 Å². The normalized spacial score (nSPS) is 11.7. The fourth-order valence-electron chi connectivity index (χ4n) is 2.19. The Morgan fingerprint density at radius 2 is 1.86 bits per heavy atom. The number of rotatable bonds is 6. The predicted molar refractivity (Wildman–Crippen MR) is 83.7 cm³/mol. The van der Waals surface area contributed by atoms with E-state index in [2.05, 4.69) is 19.2 Å². The number of primary sulfonamides is 1. The van der Waals surface area contributed by atoms with Crippen LogP contribution in [0.4, 0.5) is 0 Å². The highest BCUT2D eigenvalue weighted by Crippen LogP contribution is 2.19. The SMILES string of the molecule is Cc1cc(C)c(S(N)(=O)=O)cc1C(=O)NCCCC(C)C. The van der Waals surface area contributed by atoms with Gasteiger partial charge in [0.25, 0.3) is 5.91 Å². The third-order valence-electron chi connectivity index (χ3n) is 3.32. The minimum Gasteiger partial charge on any atom is -0.352 e. The second kappa shape index (κ2) is 7.04. The van der Waals surface area contributed by atoms with Crippen molar-refractivity contribution in [2.24, 2.45) is 11.1 Å². The van der Waals surface area contributed by atoms with Crippen LogP contribution in [0.15, 0.2) is 17.0 Å². The van der Waals surface area contributed by atoms with Crippen LogP contribution in [0.3, 0.4) is 0 Å². The molecule has 6 heteroatoms. The third-order valence-corrected chi connectivity index (χ3v) is 4.37. The molecule has 21 heavy (non-hydrogen) atoms. The topological polar surface area (TPSA) is 89.3 Å². The first-order valence-corrected chi connectivity index (χ1v) is 8.59. The zero-order chi connectivity index (χ0) is 16.2. The largest absolute Gasteiger partial charge is 0.352 e. The number of aryl methyl sites for hydroxylation is 2. The van der Waals surface area contributed by atoms with E-state index in [-0.39, 0.29) is 10.8 Å². The molecule has 0 radical (unpaired) electrons. The lowest BCUT2D eigenvalue weighted by Crippen LogP contribution is -2.26. The second-order valence-corrected chi connectivity index (χ2v) is 7.30. The number of benzene rings is 1. The van der Waals surface area contributed by atoms with Gasteiger partial charge in [0, 0.05) is 12.1 Å². The molecule has 0 aliphatic rings. The average molecular weight is 312 g/mol. The van der Waals surface area contributed by atoms with E-state index in [1.54, 1.807) is 19.9 Å². The first-order valence-electron chi connectivity index (χ1n) is 7.05. The first-order chi connectivity index (χ1) is 9.62. The molecule has 0 aliphatic carbocycles. The number of carbonyl (C=O) groups excluding carboxylic acids is 1. The third kappa shape index (κ3) is 5.13. The molecule has 0 heterocycles. The lowest BCUT2D eigenvalue weighted by atomic mass is 10.0. The molecule has 0 aromatic heterocycles. The lowest BCUT2D eigenvalue weighted by Gasteiger charge is -2.12. The van der Waals surface area contributed by atoms with Gasteiger partial charge in [-0.05, 0) is 49.8 Å². The molecule has 1 amide bonds. The Kier molecular flexibility index (Phi) is 5.92. The van der Waals surface area contributed by atoms with Gasteiger partial charge in [-0.2, -0.15) is 0 Å². The molecule has 1 aromatic carbocycles.